The lowest BCUT2D eigenvalue weighted by Gasteiger charge is -2.26. The number of aromatic nitrogens is 2. The molecule has 0 bridgehead atoms. The Kier molecular flexibility index (Phi) is 4.09. The molecule has 1 saturated carbocycles. The number of likely N-dealkylation sites (N-methyl/N-ethyl adjacent to an activating group) is 1. The SMILES string of the molecule is CN(C(=O)O)C1(CNc2cnc(Cl)c(-c3cccnc3)c2)CC1. The lowest BCUT2D eigenvalue weighted by molar-refractivity contribution is 0.135. The maximum Gasteiger partial charge on any atom is 0.407 e. The zero-order valence-corrected chi connectivity index (χ0v) is 13.4. The molecule has 1 amide bonds. The molecule has 23 heavy (non-hydrogen) atoms. The Labute approximate surface area is 139 Å². The van der Waals surface area contributed by atoms with Gasteiger partial charge in [0.15, 0.2) is 0 Å². The van der Waals surface area contributed by atoms with Gasteiger partial charge in [0.2, 0.25) is 0 Å². The Hall–Kier alpha value is -2.34. The first kappa shape index (κ1) is 15.6. The van der Waals surface area contributed by atoms with E-state index in [-0.39, 0.29) is 5.54 Å². The van der Waals surface area contributed by atoms with E-state index in [1.54, 1.807) is 25.6 Å². The van der Waals surface area contributed by atoms with Gasteiger partial charge in [-0.25, -0.2) is 9.78 Å². The summed E-state index contributed by atoms with van der Waals surface area (Å²) in [4.78, 5) is 20.8. The van der Waals surface area contributed by atoms with Crippen LogP contribution < -0.4 is 5.32 Å². The summed E-state index contributed by atoms with van der Waals surface area (Å²) in [5.74, 6) is 0. The monoisotopic (exact) mass is 332 g/mol. The highest BCUT2D eigenvalue weighted by Crippen LogP contribution is 2.41. The first-order chi connectivity index (χ1) is 11.0. The highest BCUT2D eigenvalue weighted by molar-refractivity contribution is 6.32. The molecule has 0 saturated heterocycles. The highest BCUT2D eigenvalue weighted by atomic mass is 35.5. The molecule has 0 atom stereocenters. The average Bonchev–Trinajstić information content (AvgIpc) is 3.35. The van der Waals surface area contributed by atoms with Crippen LogP contribution in [0.5, 0.6) is 0 Å². The number of pyridine rings is 2. The molecule has 1 aliphatic rings. The van der Waals surface area contributed by atoms with E-state index in [4.69, 9.17) is 16.7 Å². The van der Waals surface area contributed by atoms with Crippen molar-refractivity contribution in [3.05, 3.63) is 41.9 Å². The molecule has 0 unspecified atom stereocenters. The normalized spacial score (nSPS) is 15.0. The minimum Gasteiger partial charge on any atom is -0.465 e. The van der Waals surface area contributed by atoms with Gasteiger partial charge in [-0.2, -0.15) is 0 Å². The number of hydrogen-bond donors (Lipinski definition) is 2. The summed E-state index contributed by atoms with van der Waals surface area (Å²) in [5.41, 5.74) is 2.16. The third kappa shape index (κ3) is 3.22. The molecular weight excluding hydrogens is 316 g/mol. The van der Waals surface area contributed by atoms with E-state index in [1.807, 2.05) is 18.2 Å². The Balaban J connectivity index is 1.76. The largest absolute Gasteiger partial charge is 0.465 e. The van der Waals surface area contributed by atoms with Crippen LogP contribution in [0.15, 0.2) is 36.8 Å². The summed E-state index contributed by atoms with van der Waals surface area (Å²) in [7, 11) is 1.61. The first-order valence-corrected chi connectivity index (χ1v) is 7.66. The van der Waals surface area contributed by atoms with Crippen LogP contribution in [0.25, 0.3) is 11.1 Å². The van der Waals surface area contributed by atoms with Gasteiger partial charge in [-0.15, -0.1) is 0 Å². The standard InChI is InChI=1S/C16H17ClN4O2/c1-21(15(22)23)16(4-5-16)10-20-12-7-13(14(17)19-9-12)11-3-2-6-18-8-11/h2-3,6-9,20H,4-5,10H2,1H3,(H,22,23). The molecule has 6 nitrogen and oxygen atoms in total. The van der Waals surface area contributed by atoms with Crippen LogP contribution in [0.4, 0.5) is 10.5 Å². The smallest absolute Gasteiger partial charge is 0.407 e. The number of amides is 1. The number of halogens is 1. The van der Waals surface area contributed by atoms with Crippen LogP contribution in [0.1, 0.15) is 12.8 Å². The summed E-state index contributed by atoms with van der Waals surface area (Å²) >= 11 is 6.17. The van der Waals surface area contributed by atoms with Gasteiger partial charge in [-0.3, -0.25) is 4.98 Å². The van der Waals surface area contributed by atoms with Crippen LogP contribution >= 0.6 is 11.6 Å². The van der Waals surface area contributed by atoms with Gasteiger partial charge in [-0.1, -0.05) is 17.7 Å². The van der Waals surface area contributed by atoms with Crippen LogP contribution in [-0.4, -0.2) is 45.2 Å². The van der Waals surface area contributed by atoms with Gasteiger partial charge < -0.3 is 15.3 Å². The second kappa shape index (κ2) is 6.04. The Morgan fingerprint density at radius 1 is 1.48 bits per heavy atom. The Morgan fingerprint density at radius 3 is 2.87 bits per heavy atom. The van der Waals surface area contributed by atoms with Crippen molar-refractivity contribution < 1.29 is 9.90 Å². The predicted octanol–water partition coefficient (Wildman–Crippen LogP) is 3.35. The fourth-order valence-electron chi connectivity index (χ4n) is 2.51. The van der Waals surface area contributed by atoms with Crippen molar-refractivity contribution in [2.45, 2.75) is 18.4 Å². The molecule has 2 heterocycles. The summed E-state index contributed by atoms with van der Waals surface area (Å²) in [6.07, 6.45) is 5.89. The fraction of sp³-hybridized carbons (Fsp3) is 0.312. The molecule has 0 spiro atoms. The lowest BCUT2D eigenvalue weighted by Crippen LogP contribution is -2.42. The van der Waals surface area contributed by atoms with Gasteiger partial charge in [0.1, 0.15) is 5.15 Å². The molecule has 2 N–H and O–H groups in total. The third-order valence-electron chi connectivity index (χ3n) is 4.26. The van der Waals surface area contributed by atoms with Crippen molar-refractivity contribution in [3.8, 4) is 11.1 Å². The van der Waals surface area contributed by atoms with Gasteiger partial charge >= 0.3 is 6.09 Å². The van der Waals surface area contributed by atoms with E-state index in [9.17, 15) is 4.79 Å². The van der Waals surface area contributed by atoms with Crippen LogP contribution in [0.2, 0.25) is 5.15 Å². The molecule has 0 aliphatic heterocycles. The van der Waals surface area contributed by atoms with E-state index in [0.717, 1.165) is 29.7 Å². The second-order valence-corrected chi connectivity index (χ2v) is 6.08. The molecule has 3 rings (SSSR count). The molecule has 1 fully saturated rings. The minimum atomic E-state index is -0.908. The molecule has 7 heteroatoms. The second-order valence-electron chi connectivity index (χ2n) is 5.72. The summed E-state index contributed by atoms with van der Waals surface area (Å²) in [5, 5.41) is 12.8. The van der Waals surface area contributed by atoms with Crippen molar-refractivity contribution in [1.82, 2.24) is 14.9 Å². The van der Waals surface area contributed by atoms with E-state index >= 15 is 0 Å². The molecule has 0 radical (unpaired) electrons. The van der Waals surface area contributed by atoms with E-state index < -0.39 is 6.09 Å². The zero-order chi connectivity index (χ0) is 16.4. The number of nitrogens with zero attached hydrogens (tertiary/aromatic N) is 3. The number of carbonyl (C=O) groups is 1. The summed E-state index contributed by atoms with van der Waals surface area (Å²) in [6.45, 7) is 0.547. The topological polar surface area (TPSA) is 78.4 Å². The third-order valence-corrected chi connectivity index (χ3v) is 4.56. The maximum atomic E-state index is 11.1. The Morgan fingerprint density at radius 2 is 2.26 bits per heavy atom. The first-order valence-electron chi connectivity index (χ1n) is 7.28. The fourth-order valence-corrected chi connectivity index (χ4v) is 2.73. The quantitative estimate of drug-likeness (QED) is 0.821. The van der Waals surface area contributed by atoms with Gasteiger partial charge in [0, 0.05) is 37.1 Å². The molecule has 120 valence electrons. The van der Waals surface area contributed by atoms with Crippen molar-refractivity contribution in [3.63, 3.8) is 0 Å². The lowest BCUT2D eigenvalue weighted by atomic mass is 10.1. The van der Waals surface area contributed by atoms with Gasteiger partial charge in [-0.05, 0) is 25.0 Å². The molecule has 0 aromatic carbocycles. The van der Waals surface area contributed by atoms with Crippen molar-refractivity contribution in [1.29, 1.82) is 0 Å². The van der Waals surface area contributed by atoms with E-state index in [1.165, 1.54) is 4.90 Å². The highest BCUT2D eigenvalue weighted by Gasteiger charge is 2.48. The van der Waals surface area contributed by atoms with Crippen molar-refractivity contribution in [2.75, 3.05) is 18.9 Å². The van der Waals surface area contributed by atoms with Crippen molar-refractivity contribution >= 4 is 23.4 Å². The van der Waals surface area contributed by atoms with Crippen molar-refractivity contribution in [2.24, 2.45) is 0 Å². The Bertz CT molecular complexity index is 719. The predicted molar refractivity (Wildman–Crippen MR) is 88.7 cm³/mol. The molecule has 2 aromatic heterocycles. The van der Waals surface area contributed by atoms with Crippen LogP contribution in [0, 0.1) is 0 Å². The van der Waals surface area contributed by atoms with E-state index in [2.05, 4.69) is 15.3 Å². The summed E-state index contributed by atoms with van der Waals surface area (Å²) in [6, 6.07) is 5.66. The van der Waals surface area contributed by atoms with Crippen LogP contribution in [0.3, 0.4) is 0 Å². The number of hydrogen-bond acceptors (Lipinski definition) is 4. The zero-order valence-electron chi connectivity index (χ0n) is 12.7. The van der Waals surface area contributed by atoms with E-state index in [0.29, 0.717) is 11.7 Å². The molecular formula is C16H17ClN4O2. The molecule has 2 aromatic rings. The maximum absolute atomic E-state index is 11.1. The minimum absolute atomic E-state index is 0.320. The number of carboxylic acid groups (broad SMARTS) is 1. The van der Waals surface area contributed by atoms with Gasteiger partial charge in [0.25, 0.3) is 0 Å². The average molecular weight is 333 g/mol. The number of rotatable bonds is 5. The van der Waals surface area contributed by atoms with Gasteiger partial charge in [0.05, 0.1) is 17.4 Å². The number of anilines is 1. The summed E-state index contributed by atoms with van der Waals surface area (Å²) < 4.78 is 0. The van der Waals surface area contributed by atoms with Crippen LogP contribution in [-0.2, 0) is 0 Å². The molecule has 1 aliphatic carbocycles. The number of nitrogens with one attached hydrogen (secondary N) is 1.